The van der Waals surface area contributed by atoms with E-state index in [1.165, 1.54) is 20.8 Å². The predicted octanol–water partition coefficient (Wildman–Crippen LogP) is 3.91. The summed E-state index contributed by atoms with van der Waals surface area (Å²) in [5, 5.41) is 2.62. The predicted molar refractivity (Wildman–Crippen MR) is 56.4 cm³/mol. The van der Waals surface area contributed by atoms with Crippen LogP contribution in [-0.2, 0) is 0 Å². The van der Waals surface area contributed by atoms with Gasteiger partial charge in [-0.15, -0.1) is 0 Å². The smallest absolute Gasteiger partial charge is 0.0256 e. The third kappa shape index (κ3) is 1.14. The van der Waals surface area contributed by atoms with Crippen molar-refractivity contribution in [2.75, 3.05) is 0 Å². The molecule has 0 N–H and O–H groups in total. The van der Waals surface area contributed by atoms with Gasteiger partial charge in [-0.25, -0.2) is 0 Å². The van der Waals surface area contributed by atoms with Crippen molar-refractivity contribution in [1.29, 1.82) is 0 Å². The lowest BCUT2D eigenvalue weighted by molar-refractivity contribution is 1.52. The van der Waals surface area contributed by atoms with Crippen LogP contribution in [0, 0.1) is 6.92 Å². The maximum absolute atomic E-state index is 3.55. The number of hydrogen-bond donors (Lipinski definition) is 0. The Bertz CT molecular complexity index is 382. The third-order valence-corrected chi connectivity index (χ3v) is 2.72. The molecule has 0 aliphatic heterocycles. The summed E-state index contributed by atoms with van der Waals surface area (Å²) in [6, 6.07) is 12.6. The number of aryl methyl sites for hydroxylation is 1. The standard InChI is InChI=1S/C11H9Br/c1-8-4-2-5-9-6-3-7-10(12)11(8)9/h2-7H,1H3/i1+2. The quantitative estimate of drug-likeness (QED) is 0.635. The van der Waals surface area contributed by atoms with Gasteiger partial charge in [0.05, 0.1) is 0 Å². The summed E-state index contributed by atoms with van der Waals surface area (Å²) in [5.74, 6) is 0. The molecular weight excluding hydrogens is 214 g/mol. The van der Waals surface area contributed by atoms with E-state index in [9.17, 15) is 0 Å². The van der Waals surface area contributed by atoms with Gasteiger partial charge in [0.15, 0.2) is 0 Å². The number of halogens is 1. The van der Waals surface area contributed by atoms with Gasteiger partial charge < -0.3 is 0 Å². The largest absolute Gasteiger partial charge is 0.0614 e. The Balaban J connectivity index is 2.96. The van der Waals surface area contributed by atoms with Crippen molar-refractivity contribution < 1.29 is 0 Å². The summed E-state index contributed by atoms with van der Waals surface area (Å²) in [7, 11) is 0. The highest BCUT2D eigenvalue weighted by Gasteiger charge is 1.98. The minimum atomic E-state index is 1.18. The number of rotatable bonds is 0. The number of hydrogen-bond acceptors (Lipinski definition) is 0. The molecule has 0 spiro atoms. The lowest BCUT2D eigenvalue weighted by atomic mass is 10.1. The van der Waals surface area contributed by atoms with Gasteiger partial charge in [0, 0.05) is 4.47 Å². The number of fused-ring (bicyclic) bond motifs is 1. The first-order chi connectivity index (χ1) is 5.79. The molecule has 0 amide bonds. The van der Waals surface area contributed by atoms with Gasteiger partial charge in [0.2, 0.25) is 0 Å². The molecule has 0 heterocycles. The van der Waals surface area contributed by atoms with Crippen LogP contribution in [0.3, 0.4) is 0 Å². The molecule has 0 aliphatic carbocycles. The SMILES string of the molecule is [14CH3]c1cccc2cccc(Br)c12. The van der Waals surface area contributed by atoms with E-state index < -0.39 is 0 Å². The number of benzene rings is 2. The first-order valence-electron chi connectivity index (χ1n) is 3.93. The van der Waals surface area contributed by atoms with Crippen LogP contribution in [0.2, 0.25) is 0 Å². The Morgan fingerprint density at radius 1 is 1.00 bits per heavy atom. The molecular formula is C11H9Br. The minimum absolute atomic E-state index is 1.18. The summed E-state index contributed by atoms with van der Waals surface area (Å²) >= 11 is 3.55. The van der Waals surface area contributed by atoms with E-state index in [0.717, 1.165) is 0 Å². The molecule has 0 bridgehead atoms. The molecule has 60 valence electrons. The topological polar surface area (TPSA) is 0 Å². The average molecular weight is 223 g/mol. The van der Waals surface area contributed by atoms with E-state index in [4.69, 9.17) is 0 Å². The van der Waals surface area contributed by atoms with Gasteiger partial charge in [-0.2, -0.15) is 0 Å². The molecule has 2 aromatic carbocycles. The van der Waals surface area contributed by atoms with E-state index in [1.807, 2.05) is 0 Å². The molecule has 0 unspecified atom stereocenters. The van der Waals surface area contributed by atoms with Crippen molar-refractivity contribution in [2.45, 2.75) is 6.92 Å². The molecule has 1 heteroatoms. The van der Waals surface area contributed by atoms with Crippen molar-refractivity contribution in [3.8, 4) is 0 Å². The van der Waals surface area contributed by atoms with Crippen molar-refractivity contribution in [1.82, 2.24) is 0 Å². The van der Waals surface area contributed by atoms with Crippen LogP contribution >= 0.6 is 15.9 Å². The molecule has 0 saturated carbocycles. The fraction of sp³-hybridized carbons (Fsp3) is 0.0909. The summed E-state index contributed by atoms with van der Waals surface area (Å²) in [6.07, 6.45) is 0. The van der Waals surface area contributed by atoms with Crippen LogP contribution in [0.5, 0.6) is 0 Å². The van der Waals surface area contributed by atoms with E-state index in [1.54, 1.807) is 0 Å². The molecule has 2 aromatic rings. The highest BCUT2D eigenvalue weighted by atomic mass is 79.9. The van der Waals surface area contributed by atoms with E-state index >= 15 is 0 Å². The maximum Gasteiger partial charge on any atom is 0.0256 e. The van der Waals surface area contributed by atoms with Crippen LogP contribution in [0.15, 0.2) is 40.9 Å². The normalized spacial score (nSPS) is 10.5. The lowest BCUT2D eigenvalue weighted by Crippen LogP contribution is -1.78. The zero-order chi connectivity index (χ0) is 8.55. The van der Waals surface area contributed by atoms with Crippen molar-refractivity contribution in [2.24, 2.45) is 0 Å². The van der Waals surface area contributed by atoms with E-state index in [0.29, 0.717) is 0 Å². The second kappa shape index (κ2) is 2.91. The summed E-state index contributed by atoms with van der Waals surface area (Å²) in [6.45, 7) is 2.13. The Morgan fingerprint density at radius 2 is 1.67 bits per heavy atom. The first-order valence-corrected chi connectivity index (χ1v) is 4.72. The second-order valence-electron chi connectivity index (χ2n) is 2.91. The van der Waals surface area contributed by atoms with Gasteiger partial charge in [-0.05, 0) is 29.3 Å². The van der Waals surface area contributed by atoms with Gasteiger partial charge in [0.1, 0.15) is 0 Å². The molecule has 0 aromatic heterocycles. The third-order valence-electron chi connectivity index (χ3n) is 2.06. The highest BCUT2D eigenvalue weighted by molar-refractivity contribution is 9.10. The van der Waals surface area contributed by atoms with Gasteiger partial charge in [-0.1, -0.05) is 46.3 Å². The monoisotopic (exact) mass is 222 g/mol. The van der Waals surface area contributed by atoms with Crippen molar-refractivity contribution in [3.05, 3.63) is 46.4 Å². The lowest BCUT2D eigenvalue weighted by Gasteiger charge is -2.02. The van der Waals surface area contributed by atoms with Crippen LogP contribution in [0.1, 0.15) is 5.56 Å². The molecule has 0 fully saturated rings. The molecule has 0 saturated heterocycles. The second-order valence-corrected chi connectivity index (χ2v) is 3.77. The molecule has 0 nitrogen and oxygen atoms in total. The minimum Gasteiger partial charge on any atom is -0.0614 e. The fourth-order valence-corrected chi connectivity index (χ4v) is 2.17. The van der Waals surface area contributed by atoms with E-state index in [-0.39, 0.29) is 0 Å². The molecule has 12 heavy (non-hydrogen) atoms. The molecule has 0 atom stereocenters. The Kier molecular flexibility index (Phi) is 1.89. The fourth-order valence-electron chi connectivity index (χ4n) is 1.48. The molecule has 0 aliphatic rings. The van der Waals surface area contributed by atoms with E-state index in [2.05, 4.69) is 59.3 Å². The van der Waals surface area contributed by atoms with Crippen LogP contribution in [0.25, 0.3) is 10.8 Å². The zero-order valence-electron chi connectivity index (χ0n) is 6.84. The Hall–Kier alpha value is -0.820. The van der Waals surface area contributed by atoms with Gasteiger partial charge >= 0.3 is 0 Å². The van der Waals surface area contributed by atoms with Crippen LogP contribution < -0.4 is 0 Å². The Morgan fingerprint density at radius 3 is 2.33 bits per heavy atom. The molecule has 2 rings (SSSR count). The van der Waals surface area contributed by atoms with Crippen molar-refractivity contribution >= 4 is 26.7 Å². The Labute approximate surface area is 80.3 Å². The first kappa shape index (κ1) is 7.81. The summed E-state index contributed by atoms with van der Waals surface area (Å²) < 4.78 is 1.18. The maximum atomic E-state index is 3.55. The molecule has 0 radical (unpaired) electrons. The summed E-state index contributed by atoms with van der Waals surface area (Å²) in [5.41, 5.74) is 1.32. The zero-order valence-corrected chi connectivity index (χ0v) is 8.43. The average Bonchev–Trinajstić information content (AvgIpc) is 2.04. The van der Waals surface area contributed by atoms with Gasteiger partial charge in [-0.3, -0.25) is 0 Å². The summed E-state index contributed by atoms with van der Waals surface area (Å²) in [4.78, 5) is 0. The van der Waals surface area contributed by atoms with Crippen LogP contribution in [0.4, 0.5) is 0 Å². The van der Waals surface area contributed by atoms with Gasteiger partial charge in [0.25, 0.3) is 0 Å². The highest BCUT2D eigenvalue weighted by Crippen LogP contribution is 2.26. The van der Waals surface area contributed by atoms with Crippen LogP contribution in [-0.4, -0.2) is 0 Å². The van der Waals surface area contributed by atoms with Crippen molar-refractivity contribution in [3.63, 3.8) is 0 Å².